The molecule has 3 nitrogen and oxygen atoms in total. The Hall–Kier alpha value is -1.84. The minimum atomic E-state index is -0.199. The van der Waals surface area contributed by atoms with E-state index in [9.17, 15) is 4.39 Å². The SMILES string of the molecule is CCc1cccc(Nc2ccn[nH]2)c1F. The molecule has 1 aromatic carbocycles. The fourth-order valence-electron chi connectivity index (χ4n) is 1.42. The van der Waals surface area contributed by atoms with Crippen LogP contribution in [0.3, 0.4) is 0 Å². The molecule has 2 N–H and O–H groups in total. The normalized spacial score (nSPS) is 10.3. The Labute approximate surface area is 87.3 Å². The number of H-pyrrole nitrogens is 1. The molecule has 0 unspecified atom stereocenters. The molecule has 4 heteroatoms. The van der Waals surface area contributed by atoms with Gasteiger partial charge in [-0.15, -0.1) is 0 Å². The van der Waals surface area contributed by atoms with Crippen molar-refractivity contribution in [3.63, 3.8) is 0 Å². The van der Waals surface area contributed by atoms with Crippen molar-refractivity contribution in [3.8, 4) is 0 Å². The summed E-state index contributed by atoms with van der Waals surface area (Å²) in [7, 11) is 0. The molecule has 78 valence electrons. The summed E-state index contributed by atoms with van der Waals surface area (Å²) in [4.78, 5) is 0. The average molecular weight is 205 g/mol. The van der Waals surface area contributed by atoms with E-state index < -0.39 is 0 Å². The number of aryl methyl sites for hydroxylation is 1. The van der Waals surface area contributed by atoms with Crippen molar-refractivity contribution < 1.29 is 4.39 Å². The number of halogens is 1. The number of benzene rings is 1. The first-order valence-electron chi connectivity index (χ1n) is 4.85. The van der Waals surface area contributed by atoms with Gasteiger partial charge in [0.05, 0.1) is 11.9 Å². The van der Waals surface area contributed by atoms with E-state index in [1.165, 1.54) is 0 Å². The molecule has 0 spiro atoms. The van der Waals surface area contributed by atoms with Crippen LogP contribution in [-0.4, -0.2) is 10.2 Å². The van der Waals surface area contributed by atoms with E-state index in [2.05, 4.69) is 15.5 Å². The molecule has 0 saturated heterocycles. The fraction of sp³-hybridized carbons (Fsp3) is 0.182. The van der Waals surface area contributed by atoms with Gasteiger partial charge in [0.1, 0.15) is 11.6 Å². The first-order chi connectivity index (χ1) is 7.31. The number of hydrogen-bond donors (Lipinski definition) is 2. The predicted molar refractivity (Wildman–Crippen MR) is 57.6 cm³/mol. The molecule has 0 bridgehead atoms. The lowest BCUT2D eigenvalue weighted by Crippen LogP contribution is -1.97. The van der Waals surface area contributed by atoms with Crippen LogP contribution in [0, 0.1) is 5.82 Å². The van der Waals surface area contributed by atoms with Gasteiger partial charge in [-0.2, -0.15) is 5.10 Å². The first kappa shape index (κ1) is 9.71. The zero-order chi connectivity index (χ0) is 10.7. The molecule has 0 radical (unpaired) electrons. The zero-order valence-corrected chi connectivity index (χ0v) is 8.42. The molecule has 0 amide bonds. The predicted octanol–water partition coefficient (Wildman–Crippen LogP) is 2.85. The van der Waals surface area contributed by atoms with Crippen molar-refractivity contribution >= 4 is 11.5 Å². The second-order valence-electron chi connectivity index (χ2n) is 3.23. The fourth-order valence-corrected chi connectivity index (χ4v) is 1.42. The molecule has 15 heavy (non-hydrogen) atoms. The summed E-state index contributed by atoms with van der Waals surface area (Å²) >= 11 is 0. The summed E-state index contributed by atoms with van der Waals surface area (Å²) < 4.78 is 13.8. The Balaban J connectivity index is 2.29. The minimum absolute atomic E-state index is 0.199. The molecular formula is C11H12FN3. The Morgan fingerprint density at radius 3 is 2.93 bits per heavy atom. The first-order valence-corrected chi connectivity index (χ1v) is 4.85. The highest BCUT2D eigenvalue weighted by atomic mass is 19.1. The lowest BCUT2D eigenvalue weighted by Gasteiger charge is -2.07. The lowest BCUT2D eigenvalue weighted by atomic mass is 10.1. The van der Waals surface area contributed by atoms with Gasteiger partial charge in [0.15, 0.2) is 0 Å². The van der Waals surface area contributed by atoms with Crippen LogP contribution < -0.4 is 5.32 Å². The van der Waals surface area contributed by atoms with Crippen LogP contribution in [-0.2, 0) is 6.42 Å². The number of rotatable bonds is 3. The highest BCUT2D eigenvalue weighted by molar-refractivity contribution is 5.57. The van der Waals surface area contributed by atoms with Crippen molar-refractivity contribution in [1.29, 1.82) is 0 Å². The van der Waals surface area contributed by atoms with E-state index in [0.717, 1.165) is 0 Å². The highest BCUT2D eigenvalue weighted by Crippen LogP contribution is 2.21. The van der Waals surface area contributed by atoms with Gasteiger partial charge in [0.2, 0.25) is 0 Å². The van der Waals surface area contributed by atoms with Crippen LogP contribution in [0.4, 0.5) is 15.9 Å². The minimum Gasteiger partial charge on any atom is -0.338 e. The maximum Gasteiger partial charge on any atom is 0.149 e. The molecule has 1 aromatic heterocycles. The summed E-state index contributed by atoms with van der Waals surface area (Å²) in [5, 5.41) is 9.44. The van der Waals surface area contributed by atoms with E-state index in [1.54, 1.807) is 24.4 Å². The molecule has 0 aliphatic heterocycles. The van der Waals surface area contributed by atoms with Crippen molar-refractivity contribution in [3.05, 3.63) is 41.8 Å². The van der Waals surface area contributed by atoms with Gasteiger partial charge in [0, 0.05) is 6.07 Å². The average Bonchev–Trinajstić information content (AvgIpc) is 2.74. The third-order valence-electron chi connectivity index (χ3n) is 2.23. The maximum absolute atomic E-state index is 13.8. The van der Waals surface area contributed by atoms with Gasteiger partial charge in [0.25, 0.3) is 0 Å². The van der Waals surface area contributed by atoms with Crippen molar-refractivity contribution in [1.82, 2.24) is 10.2 Å². The van der Waals surface area contributed by atoms with E-state index in [0.29, 0.717) is 23.5 Å². The molecule has 1 heterocycles. The molecule has 2 rings (SSSR count). The van der Waals surface area contributed by atoms with Gasteiger partial charge < -0.3 is 5.32 Å². The molecule has 2 aromatic rings. The van der Waals surface area contributed by atoms with Crippen LogP contribution in [0.25, 0.3) is 0 Å². The number of nitrogens with zero attached hydrogens (tertiary/aromatic N) is 1. The summed E-state index contributed by atoms with van der Waals surface area (Å²) in [6.07, 6.45) is 2.30. The third-order valence-corrected chi connectivity index (χ3v) is 2.23. The largest absolute Gasteiger partial charge is 0.338 e. The standard InChI is InChI=1S/C11H12FN3/c1-2-8-4-3-5-9(11(8)12)14-10-6-7-13-15-10/h3-7H,2H2,1H3,(H2,13,14,15). The Morgan fingerprint density at radius 1 is 1.40 bits per heavy atom. The smallest absolute Gasteiger partial charge is 0.149 e. The number of nitrogens with one attached hydrogen (secondary N) is 2. The molecule has 0 fully saturated rings. The maximum atomic E-state index is 13.8. The number of hydrogen-bond acceptors (Lipinski definition) is 2. The van der Waals surface area contributed by atoms with Gasteiger partial charge in [-0.1, -0.05) is 19.1 Å². The monoisotopic (exact) mass is 205 g/mol. The molecular weight excluding hydrogens is 193 g/mol. The molecule has 0 atom stereocenters. The van der Waals surface area contributed by atoms with E-state index >= 15 is 0 Å². The second kappa shape index (κ2) is 4.13. The van der Waals surface area contributed by atoms with Crippen molar-refractivity contribution in [2.45, 2.75) is 13.3 Å². The Kier molecular flexibility index (Phi) is 2.67. The van der Waals surface area contributed by atoms with Crippen LogP contribution in [0.1, 0.15) is 12.5 Å². The van der Waals surface area contributed by atoms with Gasteiger partial charge in [-0.05, 0) is 18.1 Å². The van der Waals surface area contributed by atoms with E-state index in [4.69, 9.17) is 0 Å². The number of aromatic amines is 1. The van der Waals surface area contributed by atoms with Crippen LogP contribution in [0.15, 0.2) is 30.5 Å². The van der Waals surface area contributed by atoms with Crippen molar-refractivity contribution in [2.75, 3.05) is 5.32 Å². The summed E-state index contributed by atoms with van der Waals surface area (Å²) in [5.41, 5.74) is 1.18. The molecule has 0 aliphatic carbocycles. The van der Waals surface area contributed by atoms with Crippen LogP contribution in [0.2, 0.25) is 0 Å². The third kappa shape index (κ3) is 1.98. The summed E-state index contributed by atoms with van der Waals surface area (Å²) in [5.74, 6) is 0.483. The molecule has 0 saturated carbocycles. The van der Waals surface area contributed by atoms with Crippen molar-refractivity contribution in [2.24, 2.45) is 0 Å². The van der Waals surface area contributed by atoms with E-state index in [1.807, 2.05) is 13.0 Å². The quantitative estimate of drug-likeness (QED) is 0.808. The van der Waals surface area contributed by atoms with Gasteiger partial charge >= 0.3 is 0 Å². The highest BCUT2D eigenvalue weighted by Gasteiger charge is 2.06. The molecule has 0 aliphatic rings. The van der Waals surface area contributed by atoms with Crippen LogP contribution >= 0.6 is 0 Å². The Bertz CT molecular complexity index is 437. The number of aromatic nitrogens is 2. The zero-order valence-electron chi connectivity index (χ0n) is 8.42. The summed E-state index contributed by atoms with van der Waals surface area (Å²) in [6, 6.07) is 7.07. The van der Waals surface area contributed by atoms with Gasteiger partial charge in [-0.25, -0.2) is 4.39 Å². The topological polar surface area (TPSA) is 40.7 Å². The number of anilines is 2. The lowest BCUT2D eigenvalue weighted by molar-refractivity contribution is 0.616. The Morgan fingerprint density at radius 2 is 2.27 bits per heavy atom. The van der Waals surface area contributed by atoms with E-state index in [-0.39, 0.29) is 5.82 Å². The van der Waals surface area contributed by atoms with Crippen LogP contribution in [0.5, 0.6) is 0 Å². The summed E-state index contributed by atoms with van der Waals surface area (Å²) in [6.45, 7) is 1.93. The second-order valence-corrected chi connectivity index (χ2v) is 3.23. The van der Waals surface area contributed by atoms with Gasteiger partial charge in [-0.3, -0.25) is 5.10 Å².